The average molecular weight is 339 g/mol. The highest BCUT2D eigenvalue weighted by Crippen LogP contribution is 2.25. The number of carbonyl (C=O) groups is 1. The van der Waals surface area contributed by atoms with E-state index in [-0.39, 0.29) is 5.78 Å². The smallest absolute Gasteiger partial charge is 0.178 e. The number of ketones is 1. The Hall–Kier alpha value is -3.40. The molecule has 0 bridgehead atoms. The molecule has 2 aromatic heterocycles. The van der Waals surface area contributed by atoms with E-state index in [1.54, 1.807) is 6.92 Å². The molecule has 0 N–H and O–H groups in total. The van der Waals surface area contributed by atoms with E-state index in [0.29, 0.717) is 11.4 Å². The molecule has 26 heavy (non-hydrogen) atoms. The van der Waals surface area contributed by atoms with E-state index >= 15 is 0 Å². The Morgan fingerprint density at radius 2 is 1.65 bits per heavy atom. The second-order valence-electron chi connectivity index (χ2n) is 6.25. The van der Waals surface area contributed by atoms with Crippen LogP contribution in [0.25, 0.3) is 33.7 Å². The van der Waals surface area contributed by atoms with Gasteiger partial charge in [0.25, 0.3) is 0 Å². The summed E-state index contributed by atoms with van der Waals surface area (Å²) in [6.07, 6.45) is 1.82. The molecular weight excluding hydrogens is 322 g/mol. The van der Waals surface area contributed by atoms with Crippen molar-refractivity contribution in [2.45, 2.75) is 13.8 Å². The molecule has 4 rings (SSSR count). The van der Waals surface area contributed by atoms with Crippen molar-refractivity contribution in [2.24, 2.45) is 0 Å². The highest BCUT2D eigenvalue weighted by Gasteiger charge is 2.10. The van der Waals surface area contributed by atoms with Gasteiger partial charge >= 0.3 is 0 Å². The fourth-order valence-electron chi connectivity index (χ4n) is 2.90. The van der Waals surface area contributed by atoms with E-state index in [1.807, 2.05) is 73.8 Å². The number of benzene rings is 2. The summed E-state index contributed by atoms with van der Waals surface area (Å²) in [7, 11) is 0. The lowest BCUT2D eigenvalue weighted by molar-refractivity contribution is 0.101. The predicted molar refractivity (Wildman–Crippen MR) is 103 cm³/mol. The summed E-state index contributed by atoms with van der Waals surface area (Å²) in [6, 6.07) is 19.4. The van der Waals surface area contributed by atoms with E-state index in [0.717, 1.165) is 33.4 Å². The van der Waals surface area contributed by atoms with Gasteiger partial charge in [-0.25, -0.2) is 15.0 Å². The molecule has 4 aromatic rings. The fraction of sp³-hybridized carbons (Fsp3) is 0.0909. The van der Waals surface area contributed by atoms with Crippen molar-refractivity contribution in [1.82, 2.24) is 15.0 Å². The molecule has 0 saturated heterocycles. The van der Waals surface area contributed by atoms with Crippen LogP contribution in [0.5, 0.6) is 0 Å². The maximum atomic E-state index is 11.5. The second-order valence-corrected chi connectivity index (χ2v) is 6.25. The van der Waals surface area contributed by atoms with Gasteiger partial charge in [0.2, 0.25) is 0 Å². The minimum atomic E-state index is 0.0551. The first-order valence-electron chi connectivity index (χ1n) is 8.43. The molecule has 2 aromatic carbocycles. The first-order valence-corrected chi connectivity index (χ1v) is 8.43. The SMILES string of the molecule is CC(=O)c1ccc(-c2nc(-c3ncc4ccccc4n3)ccc2C)cc1. The Morgan fingerprint density at radius 1 is 0.885 bits per heavy atom. The predicted octanol–water partition coefficient (Wildman–Crippen LogP) is 4.87. The normalized spacial score (nSPS) is 10.8. The Balaban J connectivity index is 1.78. The zero-order chi connectivity index (χ0) is 18.1. The molecule has 0 unspecified atom stereocenters. The van der Waals surface area contributed by atoms with Crippen LogP contribution in [-0.2, 0) is 0 Å². The third-order valence-electron chi connectivity index (χ3n) is 4.38. The number of para-hydroxylation sites is 1. The van der Waals surface area contributed by atoms with Crippen LogP contribution in [0.15, 0.2) is 66.9 Å². The number of carbonyl (C=O) groups excluding carboxylic acids is 1. The van der Waals surface area contributed by atoms with Gasteiger partial charge in [0.15, 0.2) is 11.6 Å². The number of Topliss-reactive ketones (excluding diaryl/α,β-unsaturated/α-hetero) is 1. The summed E-state index contributed by atoms with van der Waals surface area (Å²) < 4.78 is 0. The number of fused-ring (bicyclic) bond motifs is 1. The van der Waals surface area contributed by atoms with Crippen LogP contribution >= 0.6 is 0 Å². The molecule has 0 aliphatic carbocycles. The standard InChI is InChI=1S/C22H17N3O/c1-14-7-12-20(22-23-13-18-5-3-4-6-19(18)25-22)24-21(14)17-10-8-16(9-11-17)15(2)26/h3-13H,1-2H3. The van der Waals surface area contributed by atoms with Gasteiger partial charge in [-0.15, -0.1) is 0 Å². The Morgan fingerprint density at radius 3 is 2.42 bits per heavy atom. The van der Waals surface area contributed by atoms with E-state index in [2.05, 4.69) is 9.97 Å². The molecule has 0 fully saturated rings. The number of aryl methyl sites for hydroxylation is 1. The van der Waals surface area contributed by atoms with Gasteiger partial charge in [-0.2, -0.15) is 0 Å². The molecule has 0 aliphatic rings. The summed E-state index contributed by atoms with van der Waals surface area (Å²) in [4.78, 5) is 25.3. The minimum absolute atomic E-state index is 0.0551. The molecule has 0 saturated carbocycles. The molecular formula is C22H17N3O. The van der Waals surface area contributed by atoms with E-state index < -0.39 is 0 Å². The minimum Gasteiger partial charge on any atom is -0.295 e. The third kappa shape index (κ3) is 2.97. The van der Waals surface area contributed by atoms with Crippen molar-refractivity contribution in [2.75, 3.05) is 0 Å². The van der Waals surface area contributed by atoms with Gasteiger partial charge in [0.05, 0.1) is 11.2 Å². The quantitative estimate of drug-likeness (QED) is 0.500. The van der Waals surface area contributed by atoms with Gasteiger partial charge in [-0.05, 0) is 31.5 Å². The molecule has 0 atom stereocenters. The van der Waals surface area contributed by atoms with Crippen molar-refractivity contribution >= 4 is 16.7 Å². The summed E-state index contributed by atoms with van der Waals surface area (Å²) in [5, 5.41) is 1.00. The zero-order valence-corrected chi connectivity index (χ0v) is 14.6. The lowest BCUT2D eigenvalue weighted by atomic mass is 10.0. The first-order chi connectivity index (χ1) is 12.6. The van der Waals surface area contributed by atoms with Crippen LogP contribution in [0.1, 0.15) is 22.8 Å². The van der Waals surface area contributed by atoms with Gasteiger partial charge in [0, 0.05) is 22.7 Å². The lowest BCUT2D eigenvalue weighted by Gasteiger charge is -2.09. The zero-order valence-electron chi connectivity index (χ0n) is 14.6. The maximum absolute atomic E-state index is 11.5. The van der Waals surface area contributed by atoms with Gasteiger partial charge in [0.1, 0.15) is 5.69 Å². The monoisotopic (exact) mass is 339 g/mol. The number of rotatable bonds is 3. The van der Waals surface area contributed by atoms with Crippen molar-refractivity contribution in [1.29, 1.82) is 0 Å². The van der Waals surface area contributed by atoms with Crippen LogP contribution in [0, 0.1) is 6.92 Å². The van der Waals surface area contributed by atoms with Crippen LogP contribution in [-0.4, -0.2) is 20.7 Å². The molecule has 2 heterocycles. The summed E-state index contributed by atoms with van der Waals surface area (Å²) in [5.74, 6) is 0.657. The van der Waals surface area contributed by atoms with E-state index in [1.165, 1.54) is 0 Å². The van der Waals surface area contributed by atoms with Crippen molar-refractivity contribution in [3.63, 3.8) is 0 Å². The molecule has 0 spiro atoms. The van der Waals surface area contributed by atoms with Gasteiger partial charge in [-0.1, -0.05) is 48.5 Å². The second kappa shape index (κ2) is 6.48. The number of aromatic nitrogens is 3. The van der Waals surface area contributed by atoms with Gasteiger partial charge in [-0.3, -0.25) is 4.79 Å². The fourth-order valence-corrected chi connectivity index (χ4v) is 2.90. The van der Waals surface area contributed by atoms with Crippen LogP contribution in [0.2, 0.25) is 0 Å². The van der Waals surface area contributed by atoms with Crippen molar-refractivity contribution in [3.8, 4) is 22.8 Å². The molecule has 4 nitrogen and oxygen atoms in total. The number of hydrogen-bond acceptors (Lipinski definition) is 4. The highest BCUT2D eigenvalue weighted by atomic mass is 16.1. The van der Waals surface area contributed by atoms with Crippen molar-refractivity contribution < 1.29 is 4.79 Å². The Bertz CT molecular complexity index is 1120. The van der Waals surface area contributed by atoms with Crippen LogP contribution in [0.3, 0.4) is 0 Å². The Labute approximate surface area is 151 Å². The summed E-state index contributed by atoms with van der Waals surface area (Å²) >= 11 is 0. The van der Waals surface area contributed by atoms with Gasteiger partial charge < -0.3 is 0 Å². The third-order valence-corrected chi connectivity index (χ3v) is 4.38. The topological polar surface area (TPSA) is 55.7 Å². The van der Waals surface area contributed by atoms with Crippen LogP contribution < -0.4 is 0 Å². The molecule has 0 aliphatic heterocycles. The molecule has 0 amide bonds. The Kier molecular flexibility index (Phi) is 4.01. The summed E-state index contributed by atoms with van der Waals surface area (Å²) in [6.45, 7) is 3.59. The lowest BCUT2D eigenvalue weighted by Crippen LogP contribution is -1.97. The summed E-state index contributed by atoms with van der Waals surface area (Å²) in [5.41, 5.74) is 5.22. The number of pyridine rings is 1. The maximum Gasteiger partial charge on any atom is 0.178 e. The molecule has 126 valence electrons. The highest BCUT2D eigenvalue weighted by molar-refractivity contribution is 5.94. The number of nitrogens with zero attached hydrogens (tertiary/aromatic N) is 3. The average Bonchev–Trinajstić information content (AvgIpc) is 2.68. The van der Waals surface area contributed by atoms with Crippen molar-refractivity contribution in [3.05, 3.63) is 78.0 Å². The molecule has 4 heteroatoms. The first kappa shape index (κ1) is 16.1. The largest absolute Gasteiger partial charge is 0.295 e. The molecule has 0 radical (unpaired) electrons. The van der Waals surface area contributed by atoms with E-state index in [9.17, 15) is 4.79 Å². The van der Waals surface area contributed by atoms with E-state index in [4.69, 9.17) is 4.98 Å². The van der Waals surface area contributed by atoms with Crippen LogP contribution in [0.4, 0.5) is 0 Å². The number of hydrogen-bond donors (Lipinski definition) is 0.